The average Bonchev–Trinajstić information content (AvgIpc) is 2.69. The predicted octanol–water partition coefficient (Wildman–Crippen LogP) is 4.71. The number of hydrogen-bond acceptors (Lipinski definition) is 5. The Labute approximate surface area is 172 Å². The van der Waals surface area contributed by atoms with Crippen molar-refractivity contribution in [2.75, 3.05) is 19.0 Å². The monoisotopic (exact) mass is 399 g/mol. The van der Waals surface area contributed by atoms with Crippen LogP contribution in [0.2, 0.25) is 0 Å². The fourth-order valence-corrected chi connectivity index (χ4v) is 2.92. The van der Waals surface area contributed by atoms with Crippen molar-refractivity contribution < 1.29 is 23.8 Å². The highest BCUT2D eigenvalue weighted by atomic mass is 16.5. The van der Waals surface area contributed by atoms with Gasteiger partial charge in [0, 0.05) is 5.69 Å². The summed E-state index contributed by atoms with van der Waals surface area (Å²) >= 11 is 0. The number of anilines is 1. The third-order valence-corrected chi connectivity index (χ3v) is 4.53. The van der Waals surface area contributed by atoms with E-state index < -0.39 is 12.1 Å². The average molecular weight is 399 g/mol. The van der Waals surface area contributed by atoms with Crippen molar-refractivity contribution in [1.29, 1.82) is 0 Å². The third kappa shape index (κ3) is 5.50. The Morgan fingerprint density at radius 1 is 1.07 bits per heavy atom. The van der Waals surface area contributed by atoms with Crippen LogP contribution in [0.1, 0.15) is 55.1 Å². The molecule has 2 aromatic rings. The summed E-state index contributed by atoms with van der Waals surface area (Å²) in [6.07, 6.45) is -0.959. The molecule has 0 fully saturated rings. The Balaban J connectivity index is 2.12. The van der Waals surface area contributed by atoms with Gasteiger partial charge in [-0.15, -0.1) is 0 Å². The number of carbonyl (C=O) groups excluding carboxylic acids is 2. The molecule has 0 spiro atoms. The first-order valence-electron chi connectivity index (χ1n) is 9.70. The molecule has 1 N–H and O–H groups in total. The highest BCUT2D eigenvalue weighted by Gasteiger charge is 2.22. The van der Waals surface area contributed by atoms with E-state index in [9.17, 15) is 9.59 Å². The molecule has 2 aromatic carbocycles. The summed E-state index contributed by atoms with van der Waals surface area (Å²) in [7, 11) is 1.53. The molecule has 0 unspecified atom stereocenters. The minimum Gasteiger partial charge on any atom is -0.493 e. The van der Waals surface area contributed by atoms with Crippen molar-refractivity contribution in [1.82, 2.24) is 0 Å². The normalized spacial score (nSPS) is 11.7. The van der Waals surface area contributed by atoms with Crippen LogP contribution in [-0.4, -0.2) is 31.7 Å². The summed E-state index contributed by atoms with van der Waals surface area (Å²) in [6.45, 7) is 9.88. The Hall–Kier alpha value is -3.02. The summed E-state index contributed by atoms with van der Waals surface area (Å²) in [5, 5.41) is 2.91. The number of hydrogen-bond donors (Lipinski definition) is 1. The number of para-hydroxylation sites is 1. The lowest BCUT2D eigenvalue weighted by atomic mass is 9.98. The molecule has 0 heterocycles. The fraction of sp³-hybridized carbons (Fsp3) is 0.391. The van der Waals surface area contributed by atoms with Crippen LogP contribution < -0.4 is 14.8 Å². The summed E-state index contributed by atoms with van der Waals surface area (Å²) < 4.78 is 16.1. The van der Waals surface area contributed by atoms with Crippen LogP contribution in [0.25, 0.3) is 0 Å². The van der Waals surface area contributed by atoms with E-state index >= 15 is 0 Å². The number of carbonyl (C=O) groups is 2. The lowest BCUT2D eigenvalue weighted by molar-refractivity contribution is -0.123. The zero-order valence-corrected chi connectivity index (χ0v) is 17.9. The maximum atomic E-state index is 12.6. The van der Waals surface area contributed by atoms with Gasteiger partial charge in [-0.2, -0.15) is 0 Å². The fourth-order valence-electron chi connectivity index (χ4n) is 2.92. The molecule has 29 heavy (non-hydrogen) atoms. The standard InChI is InChI=1S/C23H29NO5/c1-7-28-20-13-17(11-12-19(20)27-6)23(26)29-16(5)22(25)24-21-15(4)9-8-10-18(21)14(2)3/h8-14,16H,7H2,1-6H3,(H,24,25)/t16-/m1/s1. The van der Waals surface area contributed by atoms with Crippen molar-refractivity contribution in [3.63, 3.8) is 0 Å². The summed E-state index contributed by atoms with van der Waals surface area (Å²) in [4.78, 5) is 25.2. The van der Waals surface area contributed by atoms with E-state index in [1.165, 1.54) is 7.11 Å². The van der Waals surface area contributed by atoms with Gasteiger partial charge in [0.05, 0.1) is 19.3 Å². The molecule has 0 bridgehead atoms. The number of rotatable bonds is 8. The number of esters is 1. The van der Waals surface area contributed by atoms with Gasteiger partial charge in [-0.3, -0.25) is 4.79 Å². The van der Waals surface area contributed by atoms with E-state index in [2.05, 4.69) is 19.2 Å². The first kappa shape index (κ1) is 22.3. The molecule has 0 saturated carbocycles. The second-order valence-corrected chi connectivity index (χ2v) is 7.03. The number of amides is 1. The maximum Gasteiger partial charge on any atom is 0.339 e. The third-order valence-electron chi connectivity index (χ3n) is 4.53. The number of aryl methyl sites for hydroxylation is 1. The van der Waals surface area contributed by atoms with E-state index in [0.29, 0.717) is 18.1 Å². The number of benzene rings is 2. The molecule has 0 aliphatic rings. The van der Waals surface area contributed by atoms with E-state index in [-0.39, 0.29) is 17.4 Å². The second kappa shape index (κ2) is 9.96. The topological polar surface area (TPSA) is 73.9 Å². The zero-order valence-electron chi connectivity index (χ0n) is 17.9. The minimum atomic E-state index is -0.959. The molecule has 0 saturated heterocycles. The van der Waals surface area contributed by atoms with Crippen LogP contribution in [0.15, 0.2) is 36.4 Å². The maximum absolute atomic E-state index is 12.6. The molecular weight excluding hydrogens is 370 g/mol. The highest BCUT2D eigenvalue weighted by molar-refractivity contribution is 5.98. The molecule has 0 aromatic heterocycles. The van der Waals surface area contributed by atoms with Gasteiger partial charge in [0.25, 0.3) is 5.91 Å². The van der Waals surface area contributed by atoms with Crippen LogP contribution >= 0.6 is 0 Å². The van der Waals surface area contributed by atoms with Crippen molar-refractivity contribution in [2.24, 2.45) is 0 Å². The van der Waals surface area contributed by atoms with Gasteiger partial charge in [0.2, 0.25) is 0 Å². The van der Waals surface area contributed by atoms with E-state index in [4.69, 9.17) is 14.2 Å². The number of methoxy groups -OCH3 is 1. The Bertz CT molecular complexity index is 876. The van der Waals surface area contributed by atoms with Gasteiger partial charge in [-0.25, -0.2) is 4.79 Å². The quantitative estimate of drug-likeness (QED) is 0.651. The summed E-state index contributed by atoms with van der Waals surface area (Å²) in [6, 6.07) is 10.6. The Kier molecular flexibility index (Phi) is 7.65. The Morgan fingerprint density at radius 3 is 2.41 bits per heavy atom. The van der Waals surface area contributed by atoms with Crippen LogP contribution in [0, 0.1) is 6.92 Å². The molecule has 0 aliphatic carbocycles. The number of ether oxygens (including phenoxy) is 3. The van der Waals surface area contributed by atoms with Crippen LogP contribution in [0.5, 0.6) is 11.5 Å². The summed E-state index contributed by atoms with van der Waals surface area (Å²) in [5.41, 5.74) is 3.04. The first-order chi connectivity index (χ1) is 13.8. The molecule has 1 amide bonds. The van der Waals surface area contributed by atoms with Crippen molar-refractivity contribution >= 4 is 17.6 Å². The lowest BCUT2D eigenvalue weighted by Gasteiger charge is -2.19. The molecule has 0 radical (unpaired) electrons. The molecule has 6 heteroatoms. The second-order valence-electron chi connectivity index (χ2n) is 7.03. The minimum absolute atomic E-state index is 0.249. The van der Waals surface area contributed by atoms with Gasteiger partial charge >= 0.3 is 5.97 Å². The van der Waals surface area contributed by atoms with Crippen LogP contribution in [-0.2, 0) is 9.53 Å². The molecule has 156 valence electrons. The smallest absolute Gasteiger partial charge is 0.339 e. The SMILES string of the molecule is CCOc1cc(C(=O)O[C@H](C)C(=O)Nc2c(C)cccc2C(C)C)ccc1OC. The van der Waals surface area contributed by atoms with Crippen LogP contribution in [0.3, 0.4) is 0 Å². The van der Waals surface area contributed by atoms with Gasteiger partial charge < -0.3 is 19.5 Å². The van der Waals surface area contributed by atoms with Gasteiger partial charge in [0.1, 0.15) is 0 Å². The molecule has 2 rings (SSSR count). The van der Waals surface area contributed by atoms with E-state index in [1.54, 1.807) is 25.1 Å². The molecule has 1 atom stereocenters. The molecule has 6 nitrogen and oxygen atoms in total. The van der Waals surface area contributed by atoms with Gasteiger partial charge in [-0.05, 0) is 56.0 Å². The van der Waals surface area contributed by atoms with Crippen molar-refractivity contribution in [3.05, 3.63) is 53.1 Å². The number of nitrogens with one attached hydrogen (secondary N) is 1. The highest BCUT2D eigenvalue weighted by Crippen LogP contribution is 2.29. The van der Waals surface area contributed by atoms with Crippen LogP contribution in [0.4, 0.5) is 5.69 Å². The first-order valence-corrected chi connectivity index (χ1v) is 9.70. The van der Waals surface area contributed by atoms with E-state index in [1.807, 2.05) is 32.0 Å². The molecular formula is C23H29NO5. The summed E-state index contributed by atoms with van der Waals surface area (Å²) in [5.74, 6) is 0.232. The van der Waals surface area contributed by atoms with E-state index in [0.717, 1.165) is 16.8 Å². The van der Waals surface area contributed by atoms with Gasteiger partial charge in [0.15, 0.2) is 17.6 Å². The van der Waals surface area contributed by atoms with Crippen molar-refractivity contribution in [2.45, 2.75) is 46.6 Å². The predicted molar refractivity (Wildman–Crippen MR) is 113 cm³/mol. The largest absolute Gasteiger partial charge is 0.493 e. The lowest BCUT2D eigenvalue weighted by Crippen LogP contribution is -2.30. The Morgan fingerprint density at radius 2 is 1.79 bits per heavy atom. The molecule has 0 aliphatic heterocycles. The van der Waals surface area contributed by atoms with Gasteiger partial charge in [-0.1, -0.05) is 32.0 Å². The van der Waals surface area contributed by atoms with Crippen molar-refractivity contribution in [3.8, 4) is 11.5 Å². The zero-order chi connectivity index (χ0) is 21.6.